The summed E-state index contributed by atoms with van der Waals surface area (Å²) in [6.45, 7) is 2.74. The predicted octanol–water partition coefficient (Wildman–Crippen LogP) is 3.39. The Balaban J connectivity index is 1.56. The van der Waals surface area contributed by atoms with Gasteiger partial charge in [0.05, 0.1) is 11.4 Å². The van der Waals surface area contributed by atoms with E-state index in [0.717, 1.165) is 16.3 Å². The molecule has 6 heteroatoms. The van der Waals surface area contributed by atoms with Crippen LogP contribution in [0.5, 0.6) is 5.88 Å². The predicted molar refractivity (Wildman–Crippen MR) is 101 cm³/mol. The number of ether oxygens (including phenoxy) is 1. The van der Waals surface area contributed by atoms with E-state index in [1.165, 1.54) is 4.31 Å². The van der Waals surface area contributed by atoms with E-state index in [-0.39, 0.29) is 6.10 Å². The zero-order valence-electron chi connectivity index (χ0n) is 14.5. The highest BCUT2D eigenvalue weighted by Crippen LogP contribution is 2.28. The second-order valence-electron chi connectivity index (χ2n) is 6.54. The van der Waals surface area contributed by atoms with E-state index in [4.69, 9.17) is 4.74 Å². The molecule has 0 saturated carbocycles. The zero-order valence-corrected chi connectivity index (χ0v) is 15.3. The van der Waals surface area contributed by atoms with Crippen LogP contribution in [0, 0.1) is 6.92 Å². The van der Waals surface area contributed by atoms with Crippen molar-refractivity contribution in [3.63, 3.8) is 0 Å². The lowest BCUT2D eigenvalue weighted by molar-refractivity contribution is 0.207. The molecule has 1 atom stereocenters. The Hall–Kier alpha value is -2.44. The first-order chi connectivity index (χ1) is 12.5. The fourth-order valence-electron chi connectivity index (χ4n) is 3.27. The number of aromatic nitrogens is 1. The molecule has 0 unspecified atom stereocenters. The van der Waals surface area contributed by atoms with Crippen molar-refractivity contribution in [3.05, 3.63) is 66.4 Å². The van der Waals surface area contributed by atoms with Gasteiger partial charge in [0.1, 0.15) is 6.10 Å². The SMILES string of the molecule is Cc1ccc(O[C@H]2CCN(S(=O)(=O)c3cccc4ccccc34)C2)nc1. The van der Waals surface area contributed by atoms with E-state index in [1.807, 2.05) is 49.4 Å². The Morgan fingerprint density at radius 1 is 1.08 bits per heavy atom. The van der Waals surface area contributed by atoms with Crippen LogP contribution in [0.15, 0.2) is 65.7 Å². The van der Waals surface area contributed by atoms with Gasteiger partial charge in [-0.15, -0.1) is 0 Å². The van der Waals surface area contributed by atoms with Gasteiger partial charge < -0.3 is 4.74 Å². The summed E-state index contributed by atoms with van der Waals surface area (Å²) in [6, 6.07) is 16.7. The average Bonchev–Trinajstić information content (AvgIpc) is 3.12. The van der Waals surface area contributed by atoms with Crippen LogP contribution in [0.1, 0.15) is 12.0 Å². The third-order valence-electron chi connectivity index (χ3n) is 4.65. The van der Waals surface area contributed by atoms with Crippen molar-refractivity contribution >= 4 is 20.8 Å². The second-order valence-corrected chi connectivity index (χ2v) is 8.45. The molecule has 0 radical (unpaired) electrons. The molecule has 2 aromatic carbocycles. The average molecular weight is 368 g/mol. The normalized spacial score (nSPS) is 18.3. The van der Waals surface area contributed by atoms with E-state index < -0.39 is 10.0 Å². The van der Waals surface area contributed by atoms with E-state index >= 15 is 0 Å². The number of hydrogen-bond acceptors (Lipinski definition) is 4. The van der Waals surface area contributed by atoms with Crippen LogP contribution in [0.2, 0.25) is 0 Å². The molecule has 1 aliphatic rings. The molecule has 2 heterocycles. The third-order valence-corrected chi connectivity index (χ3v) is 6.57. The maximum absolute atomic E-state index is 13.1. The molecule has 5 nitrogen and oxygen atoms in total. The summed E-state index contributed by atoms with van der Waals surface area (Å²) in [5.74, 6) is 0.532. The lowest BCUT2D eigenvalue weighted by atomic mass is 10.1. The number of fused-ring (bicyclic) bond motifs is 1. The van der Waals surface area contributed by atoms with Crippen LogP contribution < -0.4 is 4.74 Å². The molecule has 26 heavy (non-hydrogen) atoms. The third kappa shape index (κ3) is 3.18. The largest absolute Gasteiger partial charge is 0.473 e. The quantitative estimate of drug-likeness (QED) is 0.708. The summed E-state index contributed by atoms with van der Waals surface area (Å²) in [5.41, 5.74) is 1.06. The molecule has 0 bridgehead atoms. The number of nitrogens with zero attached hydrogens (tertiary/aromatic N) is 2. The summed E-state index contributed by atoms with van der Waals surface area (Å²) in [7, 11) is -3.56. The van der Waals surface area contributed by atoms with Gasteiger partial charge in [-0.05, 0) is 30.4 Å². The van der Waals surface area contributed by atoms with Crippen LogP contribution in [0.4, 0.5) is 0 Å². The summed E-state index contributed by atoms with van der Waals surface area (Å²) in [6.07, 6.45) is 2.21. The smallest absolute Gasteiger partial charge is 0.243 e. The second kappa shape index (κ2) is 6.70. The van der Waals surface area contributed by atoms with Crippen molar-refractivity contribution in [2.75, 3.05) is 13.1 Å². The number of aryl methyl sites for hydroxylation is 1. The highest BCUT2D eigenvalue weighted by Gasteiger charge is 2.34. The molecule has 3 aromatic rings. The van der Waals surface area contributed by atoms with Gasteiger partial charge in [0.2, 0.25) is 15.9 Å². The van der Waals surface area contributed by atoms with Gasteiger partial charge >= 0.3 is 0 Å². The molecule has 0 amide bonds. The Morgan fingerprint density at radius 3 is 2.69 bits per heavy atom. The molecule has 1 fully saturated rings. The Kier molecular flexibility index (Phi) is 4.38. The van der Waals surface area contributed by atoms with Gasteiger partial charge in [0.25, 0.3) is 0 Å². The molecular formula is C20H20N2O3S. The minimum atomic E-state index is -3.56. The number of pyridine rings is 1. The molecule has 1 saturated heterocycles. The standard InChI is InChI=1S/C20H20N2O3S/c1-15-9-10-20(21-13-15)25-17-11-12-22(14-17)26(23,24)19-8-4-6-16-5-2-3-7-18(16)19/h2-10,13,17H,11-12,14H2,1H3/t17-/m0/s1. The number of hydrogen-bond donors (Lipinski definition) is 0. The fraction of sp³-hybridized carbons (Fsp3) is 0.250. The molecule has 1 aromatic heterocycles. The Morgan fingerprint density at radius 2 is 1.88 bits per heavy atom. The molecule has 1 aliphatic heterocycles. The summed E-state index contributed by atoms with van der Waals surface area (Å²) >= 11 is 0. The van der Waals surface area contributed by atoms with E-state index in [2.05, 4.69) is 4.98 Å². The molecule has 0 N–H and O–H groups in total. The van der Waals surface area contributed by atoms with Crippen LogP contribution >= 0.6 is 0 Å². The fourth-order valence-corrected chi connectivity index (χ4v) is 4.97. The lowest BCUT2D eigenvalue weighted by Crippen LogP contribution is -2.31. The highest BCUT2D eigenvalue weighted by atomic mass is 32.2. The van der Waals surface area contributed by atoms with Gasteiger partial charge in [0.15, 0.2) is 0 Å². The van der Waals surface area contributed by atoms with Crippen molar-refractivity contribution in [2.24, 2.45) is 0 Å². The summed E-state index contributed by atoms with van der Waals surface area (Å²) in [4.78, 5) is 4.59. The van der Waals surface area contributed by atoms with Gasteiger partial charge in [-0.3, -0.25) is 0 Å². The summed E-state index contributed by atoms with van der Waals surface area (Å²) < 4.78 is 33.7. The van der Waals surface area contributed by atoms with Crippen LogP contribution in [0.25, 0.3) is 10.8 Å². The summed E-state index contributed by atoms with van der Waals surface area (Å²) in [5, 5.41) is 1.67. The topological polar surface area (TPSA) is 59.5 Å². The van der Waals surface area contributed by atoms with E-state index in [0.29, 0.717) is 30.3 Å². The Labute approximate surface area is 153 Å². The van der Waals surface area contributed by atoms with Gasteiger partial charge in [-0.2, -0.15) is 4.31 Å². The minimum absolute atomic E-state index is 0.185. The van der Waals surface area contributed by atoms with Crippen molar-refractivity contribution < 1.29 is 13.2 Å². The van der Waals surface area contributed by atoms with E-state index in [1.54, 1.807) is 18.3 Å². The van der Waals surface area contributed by atoms with Crippen LogP contribution in [-0.2, 0) is 10.0 Å². The minimum Gasteiger partial charge on any atom is -0.473 e. The number of sulfonamides is 1. The monoisotopic (exact) mass is 368 g/mol. The first-order valence-corrected chi connectivity index (χ1v) is 10.1. The van der Waals surface area contributed by atoms with Gasteiger partial charge in [0, 0.05) is 24.2 Å². The first kappa shape index (κ1) is 17.0. The maximum atomic E-state index is 13.1. The first-order valence-electron chi connectivity index (χ1n) is 8.61. The number of rotatable bonds is 4. The Bertz CT molecular complexity index is 1030. The molecule has 0 spiro atoms. The molecule has 4 rings (SSSR count). The van der Waals surface area contributed by atoms with Crippen molar-refractivity contribution in [3.8, 4) is 5.88 Å². The van der Waals surface area contributed by atoms with Crippen molar-refractivity contribution in [1.82, 2.24) is 9.29 Å². The van der Waals surface area contributed by atoms with Gasteiger partial charge in [-0.25, -0.2) is 13.4 Å². The molecular weight excluding hydrogens is 348 g/mol. The van der Waals surface area contributed by atoms with Crippen molar-refractivity contribution in [2.45, 2.75) is 24.3 Å². The maximum Gasteiger partial charge on any atom is 0.243 e. The number of benzene rings is 2. The van der Waals surface area contributed by atoms with Crippen LogP contribution in [0.3, 0.4) is 0 Å². The van der Waals surface area contributed by atoms with Crippen molar-refractivity contribution in [1.29, 1.82) is 0 Å². The highest BCUT2D eigenvalue weighted by molar-refractivity contribution is 7.89. The molecule has 0 aliphatic carbocycles. The molecule has 134 valence electrons. The van der Waals surface area contributed by atoms with Crippen LogP contribution in [-0.4, -0.2) is 36.9 Å². The van der Waals surface area contributed by atoms with E-state index in [9.17, 15) is 8.42 Å². The lowest BCUT2D eigenvalue weighted by Gasteiger charge is -2.18. The zero-order chi connectivity index (χ0) is 18.1. The van der Waals surface area contributed by atoms with Gasteiger partial charge in [-0.1, -0.05) is 42.5 Å².